The van der Waals surface area contributed by atoms with Gasteiger partial charge in [-0.3, -0.25) is 0 Å². The topological polar surface area (TPSA) is 12.0 Å². The lowest BCUT2D eigenvalue weighted by molar-refractivity contribution is 0.502. The summed E-state index contributed by atoms with van der Waals surface area (Å²) in [5, 5.41) is 2.93. The van der Waals surface area contributed by atoms with Crippen molar-refractivity contribution in [2.24, 2.45) is 0 Å². The molecule has 3 heteroatoms. The van der Waals surface area contributed by atoms with Crippen LogP contribution in [-0.2, 0) is 0 Å². The van der Waals surface area contributed by atoms with Crippen LogP contribution >= 0.6 is 0 Å². The summed E-state index contributed by atoms with van der Waals surface area (Å²) < 4.78 is 25.5. The third-order valence-corrected chi connectivity index (χ3v) is 2.02. The van der Waals surface area contributed by atoms with E-state index in [-0.39, 0.29) is 6.04 Å². The maximum Gasteiger partial charge on any atom is 0.159 e. The Bertz CT molecular complexity index is 355. The van der Waals surface area contributed by atoms with Crippen molar-refractivity contribution in [1.82, 2.24) is 5.32 Å². The number of hydrogen-bond acceptors (Lipinski definition) is 1. The summed E-state index contributed by atoms with van der Waals surface area (Å²) in [6.07, 6.45) is 5.60. The van der Waals surface area contributed by atoms with Crippen LogP contribution in [0.25, 0.3) is 0 Å². The summed E-state index contributed by atoms with van der Waals surface area (Å²) in [7, 11) is 1.73. The Labute approximate surface area is 82.1 Å². The molecule has 1 rings (SSSR count). The van der Waals surface area contributed by atoms with E-state index in [1.165, 1.54) is 6.07 Å². The van der Waals surface area contributed by atoms with Crippen molar-refractivity contribution in [2.75, 3.05) is 7.05 Å². The second-order valence-corrected chi connectivity index (χ2v) is 2.92. The summed E-state index contributed by atoms with van der Waals surface area (Å²) in [6.45, 7) is 0. The molecule has 0 heterocycles. The molecule has 0 fully saturated rings. The molecule has 0 aliphatic rings. The third-order valence-electron chi connectivity index (χ3n) is 2.02. The number of halogens is 2. The van der Waals surface area contributed by atoms with E-state index in [2.05, 4.69) is 11.2 Å². The van der Waals surface area contributed by atoms with Crippen LogP contribution in [0.5, 0.6) is 0 Å². The average molecular weight is 195 g/mol. The fourth-order valence-corrected chi connectivity index (χ4v) is 1.23. The lowest BCUT2D eigenvalue weighted by Crippen LogP contribution is -2.15. The van der Waals surface area contributed by atoms with Crippen LogP contribution in [0.2, 0.25) is 0 Å². The van der Waals surface area contributed by atoms with Crippen LogP contribution in [0.3, 0.4) is 0 Å². The van der Waals surface area contributed by atoms with Crippen molar-refractivity contribution in [2.45, 2.75) is 12.5 Å². The molecule has 1 N–H and O–H groups in total. The minimum Gasteiger partial charge on any atom is -0.312 e. The normalized spacial score (nSPS) is 12.1. The largest absolute Gasteiger partial charge is 0.312 e. The van der Waals surface area contributed by atoms with Gasteiger partial charge in [0.1, 0.15) is 0 Å². The predicted molar refractivity (Wildman–Crippen MR) is 51.6 cm³/mol. The van der Waals surface area contributed by atoms with E-state index in [9.17, 15) is 8.78 Å². The fourth-order valence-electron chi connectivity index (χ4n) is 1.23. The van der Waals surface area contributed by atoms with Crippen molar-refractivity contribution in [3.05, 3.63) is 35.4 Å². The molecular formula is C11H11F2N. The first-order valence-corrected chi connectivity index (χ1v) is 4.24. The molecule has 0 spiro atoms. The number of benzene rings is 1. The van der Waals surface area contributed by atoms with Gasteiger partial charge in [-0.05, 0) is 24.7 Å². The quantitative estimate of drug-likeness (QED) is 0.729. The maximum absolute atomic E-state index is 12.9. The summed E-state index contributed by atoms with van der Waals surface area (Å²) in [6, 6.07) is 3.66. The van der Waals surface area contributed by atoms with E-state index < -0.39 is 11.6 Å². The van der Waals surface area contributed by atoms with Crippen molar-refractivity contribution < 1.29 is 8.78 Å². The van der Waals surface area contributed by atoms with E-state index in [4.69, 9.17) is 6.42 Å². The van der Waals surface area contributed by atoms with Crippen LogP contribution in [0.4, 0.5) is 8.78 Å². The molecule has 0 radical (unpaired) electrons. The molecular weight excluding hydrogens is 184 g/mol. The van der Waals surface area contributed by atoms with Gasteiger partial charge in [0, 0.05) is 12.5 Å². The highest BCUT2D eigenvalue weighted by Gasteiger charge is 2.10. The second kappa shape index (κ2) is 4.73. The highest BCUT2D eigenvalue weighted by molar-refractivity contribution is 5.22. The molecule has 0 bridgehead atoms. The van der Waals surface area contributed by atoms with Crippen LogP contribution in [0.15, 0.2) is 18.2 Å². The number of nitrogens with one attached hydrogen (secondary N) is 1. The minimum absolute atomic E-state index is 0.130. The van der Waals surface area contributed by atoms with Crippen LogP contribution in [0.1, 0.15) is 18.0 Å². The molecule has 0 saturated heterocycles. The fraction of sp³-hybridized carbons (Fsp3) is 0.273. The summed E-state index contributed by atoms with van der Waals surface area (Å²) >= 11 is 0. The number of rotatable bonds is 3. The second-order valence-electron chi connectivity index (χ2n) is 2.92. The van der Waals surface area contributed by atoms with Gasteiger partial charge in [0.2, 0.25) is 0 Å². The highest BCUT2D eigenvalue weighted by atomic mass is 19.2. The zero-order valence-electron chi connectivity index (χ0n) is 7.85. The van der Waals surface area contributed by atoms with Crippen LogP contribution in [0, 0.1) is 24.0 Å². The zero-order chi connectivity index (χ0) is 10.6. The first kappa shape index (κ1) is 10.7. The van der Waals surface area contributed by atoms with Crippen molar-refractivity contribution >= 4 is 0 Å². The van der Waals surface area contributed by atoms with E-state index in [1.54, 1.807) is 7.05 Å². The molecule has 1 aromatic carbocycles. The van der Waals surface area contributed by atoms with Gasteiger partial charge in [-0.15, -0.1) is 12.3 Å². The minimum atomic E-state index is -0.847. The first-order chi connectivity index (χ1) is 6.69. The monoisotopic (exact) mass is 195 g/mol. The standard InChI is InChI=1S/C11H11F2N/c1-3-4-11(14-2)8-5-6-9(12)10(13)7-8/h1,5-7,11,14H,4H2,2H3. The van der Waals surface area contributed by atoms with Gasteiger partial charge in [-0.25, -0.2) is 8.78 Å². The zero-order valence-corrected chi connectivity index (χ0v) is 7.85. The molecule has 0 amide bonds. The Kier molecular flexibility index (Phi) is 3.61. The molecule has 0 saturated carbocycles. The summed E-state index contributed by atoms with van der Waals surface area (Å²) in [5.41, 5.74) is 0.657. The Morgan fingerprint density at radius 1 is 1.43 bits per heavy atom. The van der Waals surface area contributed by atoms with Crippen LogP contribution in [-0.4, -0.2) is 7.05 Å². The smallest absolute Gasteiger partial charge is 0.159 e. The van der Waals surface area contributed by atoms with Gasteiger partial charge in [0.15, 0.2) is 11.6 Å². The Morgan fingerprint density at radius 2 is 2.14 bits per heavy atom. The lowest BCUT2D eigenvalue weighted by atomic mass is 10.0. The van der Waals surface area contributed by atoms with Gasteiger partial charge >= 0.3 is 0 Å². The molecule has 1 unspecified atom stereocenters. The lowest BCUT2D eigenvalue weighted by Gasteiger charge is -2.13. The molecule has 0 aliphatic carbocycles. The maximum atomic E-state index is 12.9. The number of terminal acetylenes is 1. The SMILES string of the molecule is C#CCC(NC)c1ccc(F)c(F)c1. The first-order valence-electron chi connectivity index (χ1n) is 4.24. The Morgan fingerprint density at radius 3 is 2.64 bits per heavy atom. The molecule has 1 atom stereocenters. The number of hydrogen-bond donors (Lipinski definition) is 1. The summed E-state index contributed by atoms with van der Waals surface area (Å²) in [4.78, 5) is 0. The van der Waals surface area contributed by atoms with Crippen molar-refractivity contribution in [3.63, 3.8) is 0 Å². The summed E-state index contributed by atoms with van der Waals surface area (Å²) in [5.74, 6) is 0.782. The van der Waals surface area contributed by atoms with Crippen LogP contribution < -0.4 is 5.32 Å². The molecule has 0 aromatic heterocycles. The highest BCUT2D eigenvalue weighted by Crippen LogP contribution is 2.18. The third kappa shape index (κ3) is 2.30. The van der Waals surface area contributed by atoms with Gasteiger partial charge in [-0.2, -0.15) is 0 Å². The average Bonchev–Trinajstić information content (AvgIpc) is 2.19. The molecule has 74 valence electrons. The Hall–Kier alpha value is -1.40. The van der Waals surface area contributed by atoms with Gasteiger partial charge < -0.3 is 5.32 Å². The van der Waals surface area contributed by atoms with E-state index >= 15 is 0 Å². The van der Waals surface area contributed by atoms with Crippen molar-refractivity contribution in [3.8, 4) is 12.3 Å². The van der Waals surface area contributed by atoms with E-state index in [0.717, 1.165) is 12.1 Å². The van der Waals surface area contributed by atoms with E-state index in [1.807, 2.05) is 0 Å². The molecule has 14 heavy (non-hydrogen) atoms. The van der Waals surface area contributed by atoms with Gasteiger partial charge in [0.05, 0.1) is 0 Å². The van der Waals surface area contributed by atoms with Gasteiger partial charge in [0.25, 0.3) is 0 Å². The Balaban J connectivity index is 2.95. The predicted octanol–water partition coefficient (Wildman–Crippen LogP) is 2.25. The van der Waals surface area contributed by atoms with E-state index in [0.29, 0.717) is 12.0 Å². The molecule has 1 nitrogen and oxygen atoms in total. The molecule has 0 aliphatic heterocycles. The molecule has 1 aromatic rings. The van der Waals surface area contributed by atoms with Crippen molar-refractivity contribution in [1.29, 1.82) is 0 Å². The van der Waals surface area contributed by atoms with Gasteiger partial charge in [-0.1, -0.05) is 6.07 Å².